The third-order valence-electron chi connectivity index (χ3n) is 7.83. The third kappa shape index (κ3) is 6.55. The number of aryl methyl sites for hydroxylation is 4. The van der Waals surface area contributed by atoms with Crippen LogP contribution in [0.1, 0.15) is 60.7 Å². The number of phenols is 1. The van der Waals surface area contributed by atoms with Crippen molar-refractivity contribution < 1.29 is 9.90 Å². The fourth-order valence-corrected chi connectivity index (χ4v) is 5.70. The summed E-state index contributed by atoms with van der Waals surface area (Å²) in [5.41, 5.74) is 7.30. The molecule has 2 heterocycles. The van der Waals surface area contributed by atoms with Gasteiger partial charge in [-0.25, -0.2) is 9.97 Å². The summed E-state index contributed by atoms with van der Waals surface area (Å²) in [6.07, 6.45) is 11.4. The molecule has 1 aliphatic heterocycles. The molecular weight excluding hydrogens is 460 g/mol. The second-order valence-electron chi connectivity index (χ2n) is 10.6. The summed E-state index contributed by atoms with van der Waals surface area (Å²) in [5, 5.41) is 13.1. The number of nitrogens with zero attached hydrogens (tertiary/aromatic N) is 3. The van der Waals surface area contributed by atoms with Crippen LogP contribution in [0.5, 0.6) is 5.75 Å². The Morgan fingerprint density at radius 2 is 1.89 bits per heavy atom. The van der Waals surface area contributed by atoms with Crippen molar-refractivity contribution in [2.45, 2.75) is 64.8 Å². The first kappa shape index (κ1) is 25.4. The number of phenolic OH excluding ortho intramolecular Hbond substituents is 1. The minimum absolute atomic E-state index is 0.0644. The molecule has 3 aromatic rings. The molecule has 1 unspecified atom stereocenters. The Morgan fingerprint density at radius 1 is 1.05 bits per heavy atom. The van der Waals surface area contributed by atoms with Crippen LogP contribution < -0.4 is 5.32 Å². The van der Waals surface area contributed by atoms with Crippen LogP contribution in [0.2, 0.25) is 0 Å². The van der Waals surface area contributed by atoms with Crippen molar-refractivity contribution in [1.29, 1.82) is 0 Å². The van der Waals surface area contributed by atoms with Gasteiger partial charge in [0.15, 0.2) is 0 Å². The number of piperidine rings is 1. The van der Waals surface area contributed by atoms with Crippen LogP contribution in [0, 0.1) is 5.92 Å². The molecule has 1 aromatic heterocycles. The van der Waals surface area contributed by atoms with E-state index < -0.39 is 0 Å². The van der Waals surface area contributed by atoms with Crippen molar-refractivity contribution in [3.8, 4) is 16.9 Å². The Hall–Kier alpha value is -3.25. The topological polar surface area (TPSA) is 78.4 Å². The van der Waals surface area contributed by atoms with Gasteiger partial charge in [-0.1, -0.05) is 31.2 Å². The molecule has 2 aliphatic rings. The average molecular weight is 499 g/mol. The van der Waals surface area contributed by atoms with Gasteiger partial charge >= 0.3 is 0 Å². The van der Waals surface area contributed by atoms with Crippen LogP contribution in [0.3, 0.4) is 0 Å². The lowest BCUT2D eigenvalue weighted by molar-refractivity contribution is -0.121. The van der Waals surface area contributed by atoms with Crippen molar-refractivity contribution in [2.24, 2.45) is 5.92 Å². The zero-order valence-electron chi connectivity index (χ0n) is 21.9. The van der Waals surface area contributed by atoms with Crippen LogP contribution in [0.25, 0.3) is 11.1 Å². The highest BCUT2D eigenvalue weighted by molar-refractivity contribution is 5.76. The zero-order valence-corrected chi connectivity index (χ0v) is 21.9. The van der Waals surface area contributed by atoms with Gasteiger partial charge in [0.05, 0.1) is 0 Å². The van der Waals surface area contributed by atoms with Crippen LogP contribution in [0.15, 0.2) is 48.8 Å². The third-order valence-corrected chi connectivity index (χ3v) is 7.83. The van der Waals surface area contributed by atoms with Crippen LogP contribution in [-0.2, 0) is 37.0 Å². The Labute approximate surface area is 220 Å². The summed E-state index contributed by atoms with van der Waals surface area (Å²) in [5.74, 6) is 1.55. The number of aromatic hydroxyl groups is 1. The lowest BCUT2D eigenvalue weighted by Crippen LogP contribution is -2.40. The Morgan fingerprint density at radius 3 is 2.73 bits per heavy atom. The van der Waals surface area contributed by atoms with Crippen molar-refractivity contribution >= 4 is 5.91 Å². The van der Waals surface area contributed by atoms with Gasteiger partial charge in [-0.05, 0) is 90.9 Å². The van der Waals surface area contributed by atoms with Gasteiger partial charge in [0.1, 0.15) is 11.6 Å². The van der Waals surface area contributed by atoms with Gasteiger partial charge in [-0.3, -0.25) is 9.69 Å². The van der Waals surface area contributed by atoms with E-state index in [1.165, 1.54) is 43.2 Å². The molecule has 2 N–H and O–H groups in total. The number of hydrogen-bond acceptors (Lipinski definition) is 5. The van der Waals surface area contributed by atoms with Crippen molar-refractivity contribution in [3.05, 3.63) is 76.9 Å². The molecule has 6 nitrogen and oxygen atoms in total. The second-order valence-corrected chi connectivity index (χ2v) is 10.6. The first-order valence-corrected chi connectivity index (χ1v) is 13.8. The normalized spacial score (nSPS) is 17.5. The predicted octanol–water partition coefficient (Wildman–Crippen LogP) is 4.86. The first-order valence-electron chi connectivity index (χ1n) is 13.8. The molecule has 0 saturated carbocycles. The van der Waals surface area contributed by atoms with E-state index in [1.807, 2.05) is 19.1 Å². The number of hydrogen-bond donors (Lipinski definition) is 2. The number of carbonyl (C=O) groups is 1. The Kier molecular flexibility index (Phi) is 8.15. The first-order chi connectivity index (χ1) is 18.1. The molecule has 37 heavy (non-hydrogen) atoms. The summed E-state index contributed by atoms with van der Waals surface area (Å²) in [7, 11) is 0. The van der Waals surface area contributed by atoms with Gasteiger partial charge in [0, 0.05) is 50.4 Å². The van der Waals surface area contributed by atoms with Crippen molar-refractivity contribution in [1.82, 2.24) is 20.2 Å². The van der Waals surface area contributed by atoms with Crippen molar-refractivity contribution in [3.63, 3.8) is 0 Å². The Balaban J connectivity index is 1.06. The largest absolute Gasteiger partial charge is 0.508 e. The predicted molar refractivity (Wildman–Crippen MR) is 146 cm³/mol. The summed E-state index contributed by atoms with van der Waals surface area (Å²) < 4.78 is 0. The summed E-state index contributed by atoms with van der Waals surface area (Å²) >= 11 is 0. The van der Waals surface area contributed by atoms with Crippen LogP contribution in [-0.4, -0.2) is 45.5 Å². The standard InChI is InChI=1S/C31H38N4O2/c1-2-24-16-27(10-11-29(24)36)28-18-32-30(33-19-28)12-13-31(37)34-17-23-5-4-14-35(21-23)20-22-8-9-25-6-3-7-26(25)15-22/h8-11,15-16,18-19,23,36H,2-7,12-14,17,20-21H2,1H3,(H,34,37). The highest BCUT2D eigenvalue weighted by Crippen LogP contribution is 2.26. The molecule has 5 rings (SSSR count). The molecule has 0 spiro atoms. The van der Waals surface area contributed by atoms with Crippen molar-refractivity contribution in [2.75, 3.05) is 19.6 Å². The number of carbonyl (C=O) groups excluding carboxylic acids is 1. The van der Waals surface area contributed by atoms with E-state index in [0.717, 1.165) is 49.3 Å². The Bertz CT molecular complexity index is 1220. The van der Waals surface area contributed by atoms with Gasteiger partial charge in [-0.2, -0.15) is 0 Å². The summed E-state index contributed by atoms with van der Waals surface area (Å²) in [4.78, 5) is 24.0. The monoisotopic (exact) mass is 498 g/mol. The maximum atomic E-state index is 12.5. The van der Waals surface area contributed by atoms with Crippen LogP contribution in [0.4, 0.5) is 0 Å². The van der Waals surface area contributed by atoms with Gasteiger partial charge < -0.3 is 10.4 Å². The minimum atomic E-state index is 0.0644. The fourth-order valence-electron chi connectivity index (χ4n) is 5.70. The van der Waals surface area contributed by atoms with Gasteiger partial charge in [0.25, 0.3) is 0 Å². The molecule has 1 saturated heterocycles. The molecule has 6 heteroatoms. The van der Waals surface area contributed by atoms with E-state index in [1.54, 1.807) is 24.0 Å². The van der Waals surface area contributed by atoms with E-state index in [0.29, 0.717) is 30.3 Å². The number of aromatic nitrogens is 2. The summed E-state index contributed by atoms with van der Waals surface area (Å²) in [6, 6.07) is 12.6. The summed E-state index contributed by atoms with van der Waals surface area (Å²) in [6.45, 7) is 5.94. The molecule has 2 aromatic carbocycles. The molecule has 1 atom stereocenters. The highest BCUT2D eigenvalue weighted by atomic mass is 16.3. The number of benzene rings is 2. The van der Waals surface area contributed by atoms with Gasteiger partial charge in [0.2, 0.25) is 5.91 Å². The highest BCUT2D eigenvalue weighted by Gasteiger charge is 2.21. The maximum Gasteiger partial charge on any atom is 0.220 e. The van der Waals surface area contributed by atoms with E-state index in [2.05, 4.69) is 38.4 Å². The van der Waals surface area contributed by atoms with Crippen LogP contribution >= 0.6 is 0 Å². The molecule has 1 aliphatic carbocycles. The zero-order chi connectivity index (χ0) is 25.6. The molecular formula is C31H38N4O2. The minimum Gasteiger partial charge on any atom is -0.508 e. The maximum absolute atomic E-state index is 12.5. The number of fused-ring (bicyclic) bond motifs is 1. The number of likely N-dealkylation sites (tertiary alicyclic amines) is 1. The molecule has 0 bridgehead atoms. The van der Waals surface area contributed by atoms with E-state index >= 15 is 0 Å². The van der Waals surface area contributed by atoms with E-state index in [-0.39, 0.29) is 5.91 Å². The van der Waals surface area contributed by atoms with Gasteiger partial charge in [-0.15, -0.1) is 0 Å². The molecule has 1 amide bonds. The quantitative estimate of drug-likeness (QED) is 0.441. The molecule has 0 radical (unpaired) electrons. The fraction of sp³-hybridized carbons (Fsp3) is 0.452. The number of nitrogens with one attached hydrogen (secondary N) is 1. The molecule has 194 valence electrons. The number of amides is 1. The molecule has 1 fully saturated rings. The second kappa shape index (κ2) is 11.9. The lowest BCUT2D eigenvalue weighted by Gasteiger charge is -2.33. The average Bonchev–Trinajstić information content (AvgIpc) is 3.40. The lowest BCUT2D eigenvalue weighted by atomic mass is 9.97. The van der Waals surface area contributed by atoms with E-state index in [4.69, 9.17) is 0 Å². The van der Waals surface area contributed by atoms with E-state index in [9.17, 15) is 9.90 Å². The SMILES string of the molecule is CCc1cc(-c2cnc(CCC(=O)NCC3CCCN(Cc4ccc5c(c4)CCC5)C3)nc2)ccc1O. The smallest absolute Gasteiger partial charge is 0.220 e. The number of rotatable bonds is 9.